The molecule has 1 atom stereocenters. The number of aryl methyl sites for hydroxylation is 1. The molecular weight excluding hydrogens is 258 g/mol. The first-order valence-corrected chi connectivity index (χ1v) is 8.13. The van der Waals surface area contributed by atoms with E-state index in [2.05, 4.69) is 5.32 Å². The maximum Gasteiger partial charge on any atom is 0.174 e. The third-order valence-electron chi connectivity index (χ3n) is 2.75. The summed E-state index contributed by atoms with van der Waals surface area (Å²) in [5, 5.41) is 3.09. The smallest absolute Gasteiger partial charge is 0.174 e. The molecule has 0 aliphatic carbocycles. The van der Waals surface area contributed by atoms with Gasteiger partial charge in [-0.1, -0.05) is 0 Å². The Balaban J connectivity index is 1.99. The SMILES string of the molecule is Cc1ccc(C(=O)CC2CS(=O)(=O)CCN2)s1. The van der Waals surface area contributed by atoms with Gasteiger partial charge < -0.3 is 5.32 Å². The van der Waals surface area contributed by atoms with E-state index in [0.717, 1.165) is 4.88 Å². The molecule has 1 unspecified atom stereocenters. The van der Waals surface area contributed by atoms with Gasteiger partial charge in [-0.05, 0) is 19.1 Å². The molecule has 1 aliphatic heterocycles. The second kappa shape index (κ2) is 4.88. The minimum atomic E-state index is -2.97. The van der Waals surface area contributed by atoms with E-state index in [1.807, 2.05) is 13.0 Å². The van der Waals surface area contributed by atoms with Crippen LogP contribution < -0.4 is 5.32 Å². The third kappa shape index (κ3) is 3.37. The summed E-state index contributed by atoms with van der Waals surface area (Å²) in [6.07, 6.45) is 0.263. The highest BCUT2D eigenvalue weighted by Gasteiger charge is 2.26. The van der Waals surface area contributed by atoms with Crippen LogP contribution in [0.25, 0.3) is 0 Å². The van der Waals surface area contributed by atoms with E-state index in [9.17, 15) is 13.2 Å². The van der Waals surface area contributed by atoms with Crippen molar-refractivity contribution in [1.82, 2.24) is 5.32 Å². The first-order chi connectivity index (χ1) is 7.96. The van der Waals surface area contributed by atoms with E-state index >= 15 is 0 Å². The predicted octanol–water partition coefficient (Wildman–Crippen LogP) is 1.02. The molecule has 1 saturated heterocycles. The van der Waals surface area contributed by atoms with Gasteiger partial charge in [-0.3, -0.25) is 4.79 Å². The van der Waals surface area contributed by atoms with Crippen LogP contribution in [0.15, 0.2) is 12.1 Å². The fourth-order valence-electron chi connectivity index (χ4n) is 1.91. The quantitative estimate of drug-likeness (QED) is 0.835. The fraction of sp³-hybridized carbons (Fsp3) is 0.545. The lowest BCUT2D eigenvalue weighted by molar-refractivity contribution is 0.0976. The van der Waals surface area contributed by atoms with Crippen LogP contribution in [-0.4, -0.2) is 38.3 Å². The molecule has 0 aromatic carbocycles. The first-order valence-electron chi connectivity index (χ1n) is 5.50. The van der Waals surface area contributed by atoms with E-state index < -0.39 is 9.84 Å². The Bertz CT molecular complexity index is 519. The number of Topliss-reactive ketones (excluding diaryl/α,β-unsaturated/α-hetero) is 1. The molecule has 1 aromatic rings. The van der Waals surface area contributed by atoms with Gasteiger partial charge in [0.2, 0.25) is 0 Å². The largest absolute Gasteiger partial charge is 0.312 e. The Morgan fingerprint density at radius 2 is 2.29 bits per heavy atom. The van der Waals surface area contributed by atoms with Gasteiger partial charge in [-0.2, -0.15) is 0 Å². The molecule has 4 nitrogen and oxygen atoms in total. The zero-order valence-electron chi connectivity index (χ0n) is 9.60. The molecule has 1 fully saturated rings. The molecule has 17 heavy (non-hydrogen) atoms. The van der Waals surface area contributed by atoms with Crippen LogP contribution in [0.3, 0.4) is 0 Å². The van der Waals surface area contributed by atoms with Crippen molar-refractivity contribution in [2.24, 2.45) is 0 Å². The molecule has 6 heteroatoms. The summed E-state index contributed by atoms with van der Waals surface area (Å²) in [5.41, 5.74) is 0. The van der Waals surface area contributed by atoms with Crippen molar-refractivity contribution < 1.29 is 13.2 Å². The minimum absolute atomic E-state index is 0.0256. The van der Waals surface area contributed by atoms with Crippen LogP contribution >= 0.6 is 11.3 Å². The molecule has 0 amide bonds. The second-order valence-corrected chi connectivity index (χ2v) is 7.82. The Kier molecular flexibility index (Phi) is 3.65. The lowest BCUT2D eigenvalue weighted by atomic mass is 10.1. The highest BCUT2D eigenvalue weighted by Crippen LogP contribution is 2.18. The van der Waals surface area contributed by atoms with Gasteiger partial charge in [0.05, 0.1) is 16.4 Å². The number of carbonyl (C=O) groups is 1. The summed E-state index contributed by atoms with van der Waals surface area (Å²) in [6.45, 7) is 2.40. The van der Waals surface area contributed by atoms with Crippen LogP contribution in [0.4, 0.5) is 0 Å². The maximum absolute atomic E-state index is 11.9. The molecule has 0 saturated carbocycles. The van der Waals surface area contributed by atoms with Crippen molar-refractivity contribution in [2.45, 2.75) is 19.4 Å². The van der Waals surface area contributed by atoms with E-state index in [0.29, 0.717) is 11.4 Å². The molecule has 2 rings (SSSR count). The number of carbonyl (C=O) groups excluding carboxylic acids is 1. The Morgan fingerprint density at radius 3 is 2.88 bits per heavy atom. The first kappa shape index (κ1) is 12.7. The predicted molar refractivity (Wildman–Crippen MR) is 68.4 cm³/mol. The van der Waals surface area contributed by atoms with E-state index in [4.69, 9.17) is 0 Å². The average molecular weight is 273 g/mol. The summed E-state index contributed by atoms with van der Waals surface area (Å²) in [5.74, 6) is 0.275. The maximum atomic E-state index is 11.9. The van der Waals surface area contributed by atoms with Gasteiger partial charge in [-0.25, -0.2) is 8.42 Å². The van der Waals surface area contributed by atoms with Gasteiger partial charge >= 0.3 is 0 Å². The number of hydrogen-bond acceptors (Lipinski definition) is 5. The summed E-state index contributed by atoms with van der Waals surface area (Å²) >= 11 is 1.46. The normalized spacial score (nSPS) is 23.5. The van der Waals surface area contributed by atoms with E-state index in [-0.39, 0.29) is 29.8 Å². The van der Waals surface area contributed by atoms with Crippen molar-refractivity contribution in [3.05, 3.63) is 21.9 Å². The molecule has 94 valence electrons. The molecule has 0 radical (unpaired) electrons. The summed E-state index contributed by atoms with van der Waals surface area (Å²) in [7, 11) is -2.97. The van der Waals surface area contributed by atoms with E-state index in [1.165, 1.54) is 11.3 Å². The van der Waals surface area contributed by atoms with Crippen LogP contribution in [0.5, 0.6) is 0 Å². The minimum Gasteiger partial charge on any atom is -0.312 e. The molecule has 1 aliphatic rings. The third-order valence-corrected chi connectivity index (χ3v) is 5.53. The van der Waals surface area contributed by atoms with Crippen molar-refractivity contribution in [3.63, 3.8) is 0 Å². The topological polar surface area (TPSA) is 63.2 Å². The van der Waals surface area contributed by atoms with Gasteiger partial charge in [-0.15, -0.1) is 11.3 Å². The Hall–Kier alpha value is -0.720. The van der Waals surface area contributed by atoms with Gasteiger partial charge in [0.1, 0.15) is 0 Å². The number of hydrogen-bond donors (Lipinski definition) is 1. The van der Waals surface area contributed by atoms with Crippen molar-refractivity contribution in [2.75, 3.05) is 18.1 Å². The lowest BCUT2D eigenvalue weighted by Gasteiger charge is -2.22. The zero-order chi connectivity index (χ0) is 12.5. The Labute approximate surface area is 105 Å². The molecule has 1 N–H and O–H groups in total. The van der Waals surface area contributed by atoms with Crippen molar-refractivity contribution in [3.8, 4) is 0 Å². The van der Waals surface area contributed by atoms with Crippen LogP contribution in [0.2, 0.25) is 0 Å². The molecule has 2 heterocycles. The molecule has 1 aromatic heterocycles. The zero-order valence-corrected chi connectivity index (χ0v) is 11.2. The Morgan fingerprint density at radius 1 is 1.53 bits per heavy atom. The molecule has 0 spiro atoms. The summed E-state index contributed by atoms with van der Waals surface area (Å²) in [4.78, 5) is 13.7. The number of thiophene rings is 1. The lowest BCUT2D eigenvalue weighted by Crippen LogP contribution is -2.45. The highest BCUT2D eigenvalue weighted by molar-refractivity contribution is 7.91. The van der Waals surface area contributed by atoms with Crippen molar-refractivity contribution in [1.29, 1.82) is 0 Å². The fourth-order valence-corrected chi connectivity index (χ4v) is 4.17. The summed E-state index contributed by atoms with van der Waals surface area (Å²) in [6, 6.07) is 3.48. The summed E-state index contributed by atoms with van der Waals surface area (Å²) < 4.78 is 22.9. The number of rotatable bonds is 3. The standard InChI is InChI=1S/C11H15NO3S2/c1-8-2-3-11(16-8)10(13)6-9-7-17(14,15)5-4-12-9/h2-3,9,12H,4-7H2,1H3. The van der Waals surface area contributed by atoms with Gasteiger partial charge in [0, 0.05) is 23.9 Å². The number of ketones is 1. The molecular formula is C11H15NO3S2. The average Bonchev–Trinajstić information content (AvgIpc) is 2.63. The van der Waals surface area contributed by atoms with Crippen molar-refractivity contribution >= 4 is 27.0 Å². The van der Waals surface area contributed by atoms with Crippen LogP contribution in [0.1, 0.15) is 21.0 Å². The van der Waals surface area contributed by atoms with Gasteiger partial charge in [0.25, 0.3) is 0 Å². The highest BCUT2D eigenvalue weighted by atomic mass is 32.2. The molecule has 0 bridgehead atoms. The number of nitrogens with one attached hydrogen (secondary N) is 1. The van der Waals surface area contributed by atoms with Crippen LogP contribution in [0, 0.1) is 6.92 Å². The van der Waals surface area contributed by atoms with E-state index in [1.54, 1.807) is 6.07 Å². The van der Waals surface area contributed by atoms with Crippen LogP contribution in [-0.2, 0) is 9.84 Å². The monoisotopic (exact) mass is 273 g/mol. The second-order valence-electron chi connectivity index (χ2n) is 4.30. The van der Waals surface area contributed by atoms with Gasteiger partial charge in [0.15, 0.2) is 15.6 Å². The number of sulfone groups is 1.